The molecule has 0 spiro atoms. The Morgan fingerprint density at radius 1 is 0.467 bits per heavy atom. The third-order valence-electron chi connectivity index (χ3n) is 17.0. The lowest BCUT2D eigenvalue weighted by Crippen LogP contribution is -2.46. The summed E-state index contributed by atoms with van der Waals surface area (Å²) in [6.07, 6.45) is 9.22. The Kier molecular flexibility index (Phi) is 22.9. The Morgan fingerprint density at radius 3 is 1.33 bits per heavy atom. The highest BCUT2D eigenvalue weighted by molar-refractivity contribution is 7.17. The average Bonchev–Trinajstić information content (AvgIpc) is 1.37. The van der Waals surface area contributed by atoms with E-state index in [9.17, 15) is 28.8 Å². The number of nitrogens with one attached hydrogen (secondary N) is 2. The molecule has 2 amide bonds. The van der Waals surface area contributed by atoms with E-state index in [1.54, 1.807) is 34.8 Å². The van der Waals surface area contributed by atoms with Crippen molar-refractivity contribution in [3.8, 4) is 11.5 Å². The van der Waals surface area contributed by atoms with E-state index in [2.05, 4.69) is 99.5 Å². The van der Waals surface area contributed by atoms with Gasteiger partial charge in [-0.25, -0.2) is 0 Å². The first-order valence-corrected chi connectivity index (χ1v) is 33.9. The minimum atomic E-state index is -0.469. The average molecular weight is 1290 g/mol. The summed E-state index contributed by atoms with van der Waals surface area (Å²) in [5.74, 6) is -0.0608. The molecule has 9 aromatic rings. The highest BCUT2D eigenvalue weighted by Crippen LogP contribution is 2.33. The van der Waals surface area contributed by atoms with E-state index in [0.29, 0.717) is 72.8 Å². The zero-order valence-electron chi connectivity index (χ0n) is 52.0. The molecule has 22 heteroatoms. The van der Waals surface area contributed by atoms with Crippen LogP contribution in [-0.2, 0) is 55.2 Å². The van der Waals surface area contributed by atoms with Crippen molar-refractivity contribution >= 4 is 99.8 Å². The third-order valence-corrected chi connectivity index (χ3v) is 18.8. The molecule has 0 saturated carbocycles. The van der Waals surface area contributed by atoms with E-state index in [1.807, 2.05) is 36.4 Å². The first kappa shape index (κ1) is 64.8. The van der Waals surface area contributed by atoms with Crippen LogP contribution in [-0.4, -0.2) is 131 Å². The topological polar surface area (TPSA) is 212 Å². The maximum Gasteiger partial charge on any atom is 0.307 e. The van der Waals surface area contributed by atoms with Crippen LogP contribution in [0.1, 0.15) is 88.4 Å². The largest absolute Gasteiger partial charge is 0.494 e. The Balaban J connectivity index is 0.507. The minimum absolute atomic E-state index is 0.0895. The van der Waals surface area contributed by atoms with Gasteiger partial charge in [-0.2, -0.15) is 0 Å². The molecular formula is C70H80N10O10S2. The van der Waals surface area contributed by atoms with Crippen LogP contribution in [0.25, 0.3) is 42.0 Å². The molecule has 0 radical (unpaired) electrons. The Labute approximate surface area is 542 Å². The number of thiophene rings is 2. The molecule has 5 aromatic heterocycles. The molecule has 0 atom stereocenters. The molecular weight excluding hydrogens is 1200 g/mol. The number of aromatic nitrogens is 4. The van der Waals surface area contributed by atoms with E-state index in [4.69, 9.17) is 18.9 Å². The van der Waals surface area contributed by atoms with Gasteiger partial charge in [0.1, 0.15) is 11.5 Å². The van der Waals surface area contributed by atoms with Crippen LogP contribution in [0.5, 0.6) is 11.5 Å². The Hall–Kier alpha value is -8.70. The fourth-order valence-electron chi connectivity index (χ4n) is 11.8. The molecule has 0 unspecified atom stereocenters. The molecule has 7 heterocycles. The van der Waals surface area contributed by atoms with Gasteiger partial charge in [0.2, 0.25) is 11.8 Å². The van der Waals surface area contributed by atoms with Gasteiger partial charge in [0.05, 0.1) is 61.1 Å². The summed E-state index contributed by atoms with van der Waals surface area (Å²) in [6.45, 7) is 11.1. The van der Waals surface area contributed by atoms with Gasteiger partial charge in [0.25, 0.3) is 11.1 Å². The van der Waals surface area contributed by atoms with Crippen LogP contribution in [0.3, 0.4) is 0 Å². The number of rotatable bonds is 32. The second-order valence-electron chi connectivity index (χ2n) is 23.4. The van der Waals surface area contributed by atoms with E-state index in [1.165, 1.54) is 65.2 Å². The zero-order valence-corrected chi connectivity index (χ0v) is 53.6. The molecule has 2 saturated heterocycles. The number of nitrogens with zero attached hydrogens (tertiary/aromatic N) is 8. The van der Waals surface area contributed by atoms with Crippen molar-refractivity contribution in [2.45, 2.75) is 104 Å². The predicted molar refractivity (Wildman–Crippen MR) is 362 cm³/mol. The van der Waals surface area contributed by atoms with Gasteiger partial charge in [-0.15, -0.1) is 22.7 Å². The molecule has 2 aliphatic heterocycles. The van der Waals surface area contributed by atoms with Crippen LogP contribution in [0.2, 0.25) is 0 Å². The van der Waals surface area contributed by atoms with Crippen molar-refractivity contribution in [1.29, 1.82) is 0 Å². The van der Waals surface area contributed by atoms with Gasteiger partial charge in [0, 0.05) is 134 Å². The lowest BCUT2D eigenvalue weighted by molar-refractivity contribution is -0.148. The number of hydrogen-bond donors (Lipinski definition) is 2. The molecule has 20 nitrogen and oxygen atoms in total. The second-order valence-corrected chi connectivity index (χ2v) is 25.3. The first-order chi connectivity index (χ1) is 45.1. The maximum absolute atomic E-state index is 13.0. The Morgan fingerprint density at radius 2 is 0.891 bits per heavy atom. The minimum Gasteiger partial charge on any atom is -0.494 e. The number of ether oxygens (including phenoxy) is 4. The number of carbonyl (C=O) groups excluding carboxylic acids is 4. The number of carbonyl (C=O) groups is 4. The smallest absolute Gasteiger partial charge is 0.307 e. The normalized spacial score (nSPS) is 13.9. The van der Waals surface area contributed by atoms with Crippen LogP contribution < -0.4 is 41.0 Å². The summed E-state index contributed by atoms with van der Waals surface area (Å²) in [7, 11) is 0. The molecule has 92 heavy (non-hydrogen) atoms. The van der Waals surface area contributed by atoms with E-state index >= 15 is 0 Å². The summed E-state index contributed by atoms with van der Waals surface area (Å²) in [5.41, 5.74) is 4.37. The molecule has 2 fully saturated rings. The number of benzene rings is 4. The fraction of sp³-hybridized carbons (Fsp3) is 0.400. The molecule has 0 aliphatic carbocycles. The Bertz CT molecular complexity index is 3820. The van der Waals surface area contributed by atoms with Gasteiger partial charge >= 0.3 is 11.9 Å². The van der Waals surface area contributed by atoms with Crippen LogP contribution in [0.4, 0.5) is 11.4 Å². The summed E-state index contributed by atoms with van der Waals surface area (Å²) in [6, 6.07) is 35.2. The molecule has 0 bridgehead atoms. The van der Waals surface area contributed by atoms with Gasteiger partial charge in [-0.1, -0.05) is 12.1 Å². The van der Waals surface area contributed by atoms with Crippen molar-refractivity contribution in [3.05, 3.63) is 164 Å². The van der Waals surface area contributed by atoms with Gasteiger partial charge in [0.15, 0.2) is 13.5 Å². The molecule has 482 valence electrons. The monoisotopic (exact) mass is 1280 g/mol. The fourth-order valence-corrected chi connectivity index (χ4v) is 13.4. The summed E-state index contributed by atoms with van der Waals surface area (Å²) >= 11 is 3.57. The van der Waals surface area contributed by atoms with Gasteiger partial charge in [-0.05, 0) is 159 Å². The number of unbranched alkanes of at least 4 members (excludes halogenated alkanes) is 4. The number of fused-ring (bicyclic) bond motifs is 4. The van der Waals surface area contributed by atoms with Gasteiger partial charge in [-0.3, -0.25) is 57.7 Å². The summed E-state index contributed by atoms with van der Waals surface area (Å²) in [4.78, 5) is 95.5. The number of anilines is 2. The van der Waals surface area contributed by atoms with Gasteiger partial charge < -0.3 is 39.4 Å². The second kappa shape index (κ2) is 32.5. The molecule has 2 aliphatic rings. The number of esters is 2. The number of piperazine rings is 2. The van der Waals surface area contributed by atoms with E-state index < -0.39 is 11.9 Å². The summed E-state index contributed by atoms with van der Waals surface area (Å²) in [5, 5.41) is 14.3. The van der Waals surface area contributed by atoms with Crippen molar-refractivity contribution in [2.24, 2.45) is 0 Å². The SMILES string of the molecule is O=C(CCCCC(=O)OCn1c(=O)ccc2ccc(OCCCCN3CCN(c4cccc5sccc45)CC3)cc21)NCc1cnc(CNC(=O)CCCCC(=O)OCn2c(=O)ccc3ccc(OCCCCN4CCN(c5cccc6sccc56)CC4)cc32)cn1. The van der Waals surface area contributed by atoms with Crippen molar-refractivity contribution < 1.29 is 38.1 Å². The maximum atomic E-state index is 13.0. The molecule has 11 rings (SSSR count). The number of amides is 2. The van der Waals surface area contributed by atoms with Crippen LogP contribution in [0.15, 0.2) is 142 Å². The van der Waals surface area contributed by atoms with E-state index in [0.717, 1.165) is 102 Å². The van der Waals surface area contributed by atoms with Crippen molar-refractivity contribution in [3.63, 3.8) is 0 Å². The molecule has 2 N–H and O–H groups in total. The quantitative estimate of drug-likeness (QED) is 0.0297. The van der Waals surface area contributed by atoms with Crippen LogP contribution >= 0.6 is 22.7 Å². The summed E-state index contributed by atoms with van der Waals surface area (Å²) < 4.78 is 28.8. The molecule has 4 aromatic carbocycles. The number of pyridine rings is 2. The van der Waals surface area contributed by atoms with Crippen molar-refractivity contribution in [2.75, 3.05) is 88.5 Å². The predicted octanol–water partition coefficient (Wildman–Crippen LogP) is 10.3. The zero-order chi connectivity index (χ0) is 63.4. The van der Waals surface area contributed by atoms with E-state index in [-0.39, 0.29) is 75.2 Å². The number of hydrogen-bond acceptors (Lipinski definition) is 18. The highest BCUT2D eigenvalue weighted by atomic mass is 32.1. The lowest BCUT2D eigenvalue weighted by atomic mass is 10.2. The lowest BCUT2D eigenvalue weighted by Gasteiger charge is -2.36. The van der Waals surface area contributed by atoms with Crippen LogP contribution in [0, 0.1) is 0 Å². The first-order valence-electron chi connectivity index (χ1n) is 32.1. The standard InChI is InChI=1S/C70H80N10O10S2/c81-65(15-1-3-17-69(85)89-49-79-61-43-55(23-19-51(61)21-25-67(79)83)87-39-7-5-29-75-31-35-77(36-32-75)59-11-9-13-63-57(59)27-41-91-63)73-47-53-45-72-54(46-71-53)48-74-66(82)16-2-4-18-70(86)90-50-80-62-44-56(24-20-52(62)22-26-68(80)84)88-40-8-6-30-76-33-37-78(38-34-76)60-12-10-14-64-58(60)28-42-92-64/h9-14,19-28,41-46H,1-8,15-18,29-40,47-50H2,(H,73,81)(H,74,82). The van der Waals surface area contributed by atoms with Crippen molar-refractivity contribution in [1.82, 2.24) is 39.5 Å². The third kappa shape index (κ3) is 17.9. The highest BCUT2D eigenvalue weighted by Gasteiger charge is 2.21.